The summed E-state index contributed by atoms with van der Waals surface area (Å²) >= 11 is 5.38. The van der Waals surface area contributed by atoms with Gasteiger partial charge in [0.05, 0.1) is 0 Å². The third-order valence-electron chi connectivity index (χ3n) is 2.74. The maximum Gasteiger partial charge on any atom is 0.0223 e. The van der Waals surface area contributed by atoms with E-state index in [1.807, 2.05) is 0 Å². The van der Waals surface area contributed by atoms with Gasteiger partial charge in [0.15, 0.2) is 0 Å². The van der Waals surface area contributed by atoms with Gasteiger partial charge in [0, 0.05) is 12.4 Å². The monoisotopic (exact) mass is 239 g/mol. The van der Waals surface area contributed by atoms with Crippen LogP contribution in [0, 0.1) is 0 Å². The number of alkyl halides is 1. The summed E-state index contributed by atoms with van der Waals surface area (Å²) < 4.78 is 0. The normalized spacial score (nSPS) is 13.6. The van der Waals surface area contributed by atoms with Gasteiger partial charge in [-0.25, -0.2) is 0 Å². The van der Waals surface area contributed by atoms with E-state index in [9.17, 15) is 0 Å². The molecule has 2 heteroatoms. The molecule has 0 unspecified atom stereocenters. The Bertz CT molecular complexity index is 257. The minimum atomic E-state index is 0.827. The van der Waals surface area contributed by atoms with Crippen molar-refractivity contribution in [2.75, 3.05) is 12.4 Å². The molecule has 0 amide bonds. The number of rotatable bonds is 3. The Morgan fingerprint density at radius 2 is 1.94 bits per heavy atom. The molecule has 90 valence electrons. The largest absolute Gasteiger partial charge is 0.312 e. The van der Waals surface area contributed by atoms with Gasteiger partial charge < -0.3 is 5.32 Å². The van der Waals surface area contributed by atoms with Crippen molar-refractivity contribution in [3.8, 4) is 0 Å². The SMILES string of the molecule is CCCCCCl.c1ccc2c(c1)CCNC2. The standard InChI is InChI=1S/C9H11N.C5H11Cl/c1-2-4-9-7-10-6-5-8(9)3-1;1-2-3-4-5-6/h1-4,10H,5-7H2;2-5H2,1H3. The fourth-order valence-electron chi connectivity index (χ4n) is 1.76. The van der Waals surface area contributed by atoms with E-state index >= 15 is 0 Å². The van der Waals surface area contributed by atoms with Crippen LogP contribution < -0.4 is 5.32 Å². The first kappa shape index (κ1) is 13.5. The third-order valence-corrected chi connectivity index (χ3v) is 3.01. The molecule has 1 aliphatic rings. The van der Waals surface area contributed by atoms with Gasteiger partial charge in [-0.2, -0.15) is 0 Å². The summed E-state index contributed by atoms with van der Waals surface area (Å²) in [5.74, 6) is 0.827. The van der Waals surface area contributed by atoms with E-state index in [-0.39, 0.29) is 0 Å². The summed E-state index contributed by atoms with van der Waals surface area (Å²) in [5, 5.41) is 3.34. The van der Waals surface area contributed by atoms with Crippen molar-refractivity contribution in [2.24, 2.45) is 0 Å². The Hall–Kier alpha value is -0.530. The summed E-state index contributed by atoms with van der Waals surface area (Å²) in [6, 6.07) is 8.63. The van der Waals surface area contributed by atoms with Gasteiger partial charge in [0.1, 0.15) is 0 Å². The van der Waals surface area contributed by atoms with Gasteiger partial charge in [-0.15, -0.1) is 11.6 Å². The van der Waals surface area contributed by atoms with Crippen LogP contribution in [0.2, 0.25) is 0 Å². The highest BCUT2D eigenvalue weighted by atomic mass is 35.5. The zero-order valence-electron chi connectivity index (χ0n) is 10.1. The van der Waals surface area contributed by atoms with Crippen molar-refractivity contribution in [1.29, 1.82) is 0 Å². The Morgan fingerprint density at radius 3 is 2.50 bits per heavy atom. The van der Waals surface area contributed by atoms with Gasteiger partial charge in [-0.3, -0.25) is 0 Å². The van der Waals surface area contributed by atoms with Crippen LogP contribution in [0.25, 0.3) is 0 Å². The van der Waals surface area contributed by atoms with E-state index in [2.05, 4.69) is 36.5 Å². The predicted octanol–water partition coefficient (Wildman–Crippen LogP) is 3.75. The molecule has 0 radical (unpaired) electrons. The number of unbranched alkanes of at least 4 members (excludes halogenated alkanes) is 2. The highest BCUT2D eigenvalue weighted by molar-refractivity contribution is 6.17. The van der Waals surface area contributed by atoms with Crippen molar-refractivity contribution in [3.05, 3.63) is 35.4 Å². The first-order valence-corrected chi connectivity index (χ1v) is 6.75. The molecule has 0 saturated heterocycles. The number of benzene rings is 1. The second-order valence-corrected chi connectivity index (χ2v) is 4.47. The van der Waals surface area contributed by atoms with Crippen LogP contribution in [0.4, 0.5) is 0 Å². The highest BCUT2D eigenvalue weighted by Gasteiger charge is 2.05. The van der Waals surface area contributed by atoms with Crippen LogP contribution in [0.1, 0.15) is 37.3 Å². The van der Waals surface area contributed by atoms with E-state index < -0.39 is 0 Å². The van der Waals surface area contributed by atoms with Crippen LogP contribution in [0.3, 0.4) is 0 Å². The Morgan fingerprint density at radius 1 is 1.19 bits per heavy atom. The van der Waals surface area contributed by atoms with Crippen LogP contribution in [0.5, 0.6) is 0 Å². The molecule has 1 heterocycles. The Labute approximate surface area is 104 Å². The van der Waals surface area contributed by atoms with E-state index in [4.69, 9.17) is 11.6 Å². The molecule has 0 aromatic heterocycles. The second kappa shape index (κ2) is 8.60. The first-order valence-electron chi connectivity index (χ1n) is 6.22. The highest BCUT2D eigenvalue weighted by Crippen LogP contribution is 2.11. The van der Waals surface area contributed by atoms with Crippen LogP contribution >= 0.6 is 11.6 Å². The zero-order valence-corrected chi connectivity index (χ0v) is 10.9. The maximum atomic E-state index is 5.38. The zero-order chi connectivity index (χ0) is 11.6. The van der Waals surface area contributed by atoms with E-state index in [0.29, 0.717) is 0 Å². The molecule has 1 aliphatic heterocycles. The lowest BCUT2D eigenvalue weighted by atomic mass is 10.0. The minimum absolute atomic E-state index is 0.827. The smallest absolute Gasteiger partial charge is 0.0223 e. The summed E-state index contributed by atoms with van der Waals surface area (Å²) in [5.41, 5.74) is 2.98. The third kappa shape index (κ3) is 5.00. The quantitative estimate of drug-likeness (QED) is 0.626. The molecule has 16 heavy (non-hydrogen) atoms. The molecule has 0 saturated carbocycles. The molecule has 1 N–H and O–H groups in total. The molecule has 0 aliphatic carbocycles. The van der Waals surface area contributed by atoms with Crippen LogP contribution in [-0.4, -0.2) is 12.4 Å². The fraction of sp³-hybridized carbons (Fsp3) is 0.571. The van der Waals surface area contributed by atoms with E-state index in [0.717, 1.165) is 19.0 Å². The van der Waals surface area contributed by atoms with E-state index in [1.54, 1.807) is 0 Å². The second-order valence-electron chi connectivity index (χ2n) is 4.09. The molecule has 1 nitrogen and oxygen atoms in total. The van der Waals surface area contributed by atoms with Gasteiger partial charge >= 0.3 is 0 Å². The molecular formula is C14H22ClN. The maximum absolute atomic E-state index is 5.38. The average molecular weight is 240 g/mol. The summed E-state index contributed by atoms with van der Waals surface area (Å²) in [6.07, 6.45) is 4.92. The van der Waals surface area contributed by atoms with Crippen LogP contribution in [-0.2, 0) is 13.0 Å². The predicted molar refractivity (Wildman–Crippen MR) is 72.1 cm³/mol. The van der Waals surface area contributed by atoms with Crippen molar-refractivity contribution in [2.45, 2.75) is 39.2 Å². The molecule has 0 bridgehead atoms. The Balaban J connectivity index is 0.000000187. The minimum Gasteiger partial charge on any atom is -0.312 e. The lowest BCUT2D eigenvalue weighted by Crippen LogP contribution is -2.23. The fourth-order valence-corrected chi connectivity index (χ4v) is 1.95. The summed E-state index contributed by atoms with van der Waals surface area (Å²) in [4.78, 5) is 0. The average Bonchev–Trinajstić information content (AvgIpc) is 2.37. The molecule has 1 aromatic rings. The van der Waals surface area contributed by atoms with Gasteiger partial charge in [-0.05, 0) is 30.5 Å². The molecule has 0 fully saturated rings. The van der Waals surface area contributed by atoms with E-state index in [1.165, 1.54) is 36.8 Å². The van der Waals surface area contributed by atoms with Gasteiger partial charge in [0.2, 0.25) is 0 Å². The molecule has 2 rings (SSSR count). The summed E-state index contributed by atoms with van der Waals surface area (Å²) in [6.45, 7) is 4.36. The Kier molecular flexibility index (Phi) is 7.28. The number of fused-ring (bicyclic) bond motifs is 1. The number of hydrogen-bond donors (Lipinski definition) is 1. The summed E-state index contributed by atoms with van der Waals surface area (Å²) in [7, 11) is 0. The molecule has 0 spiro atoms. The number of hydrogen-bond acceptors (Lipinski definition) is 1. The number of nitrogens with one attached hydrogen (secondary N) is 1. The first-order chi connectivity index (χ1) is 7.88. The molecular weight excluding hydrogens is 218 g/mol. The molecule has 1 aromatic carbocycles. The van der Waals surface area contributed by atoms with Crippen molar-refractivity contribution in [3.63, 3.8) is 0 Å². The topological polar surface area (TPSA) is 12.0 Å². The van der Waals surface area contributed by atoms with Crippen molar-refractivity contribution in [1.82, 2.24) is 5.32 Å². The molecule has 0 atom stereocenters. The lowest BCUT2D eigenvalue weighted by Gasteiger charge is -2.15. The number of halogens is 1. The van der Waals surface area contributed by atoms with Gasteiger partial charge in [-0.1, -0.05) is 44.0 Å². The lowest BCUT2D eigenvalue weighted by molar-refractivity contribution is 0.644. The van der Waals surface area contributed by atoms with Crippen molar-refractivity contribution >= 4 is 11.6 Å². The van der Waals surface area contributed by atoms with Gasteiger partial charge in [0.25, 0.3) is 0 Å². The van der Waals surface area contributed by atoms with Crippen molar-refractivity contribution < 1.29 is 0 Å². The van der Waals surface area contributed by atoms with Crippen LogP contribution in [0.15, 0.2) is 24.3 Å².